The fourth-order valence-corrected chi connectivity index (χ4v) is 2.95. The lowest BCUT2D eigenvalue weighted by molar-refractivity contribution is 0.422. The Morgan fingerprint density at radius 1 is 1.25 bits per heavy atom. The smallest absolute Gasteiger partial charge is 0.193 e. The van der Waals surface area contributed by atoms with E-state index in [1.165, 1.54) is 31.2 Å². The van der Waals surface area contributed by atoms with Gasteiger partial charge in [-0.25, -0.2) is 4.99 Å². The molecule has 2 saturated carbocycles. The highest BCUT2D eigenvalue weighted by Gasteiger charge is 2.53. The average molecular weight is 271 g/mol. The highest BCUT2D eigenvalue weighted by atomic mass is 15.3. The van der Waals surface area contributed by atoms with Crippen LogP contribution in [-0.4, -0.2) is 31.5 Å². The van der Waals surface area contributed by atoms with Crippen LogP contribution in [0.15, 0.2) is 35.3 Å². The van der Waals surface area contributed by atoms with E-state index < -0.39 is 0 Å². The van der Waals surface area contributed by atoms with Gasteiger partial charge in [0.1, 0.15) is 0 Å². The van der Waals surface area contributed by atoms with Crippen LogP contribution in [0.2, 0.25) is 0 Å². The molecule has 1 aromatic rings. The molecule has 20 heavy (non-hydrogen) atoms. The molecule has 0 heterocycles. The molecule has 0 unspecified atom stereocenters. The van der Waals surface area contributed by atoms with Gasteiger partial charge >= 0.3 is 0 Å². The van der Waals surface area contributed by atoms with Gasteiger partial charge in [-0.05, 0) is 42.6 Å². The Labute approximate surface area is 122 Å². The Hall–Kier alpha value is -1.51. The van der Waals surface area contributed by atoms with Gasteiger partial charge in [-0.2, -0.15) is 0 Å². The van der Waals surface area contributed by atoms with Gasteiger partial charge in [0.2, 0.25) is 0 Å². The Morgan fingerprint density at radius 3 is 2.50 bits per heavy atom. The molecule has 3 nitrogen and oxygen atoms in total. The summed E-state index contributed by atoms with van der Waals surface area (Å²) >= 11 is 0. The fraction of sp³-hybridized carbons (Fsp3) is 0.588. The van der Waals surface area contributed by atoms with Crippen molar-refractivity contribution in [2.24, 2.45) is 16.3 Å². The minimum absolute atomic E-state index is 0.615. The molecule has 1 N–H and O–H groups in total. The number of hydrogen-bond acceptors (Lipinski definition) is 1. The topological polar surface area (TPSA) is 27.6 Å². The van der Waals surface area contributed by atoms with Crippen molar-refractivity contribution in [1.29, 1.82) is 0 Å². The van der Waals surface area contributed by atoms with Crippen LogP contribution in [0, 0.1) is 11.3 Å². The molecule has 0 saturated heterocycles. The maximum atomic E-state index is 4.74. The molecule has 0 spiro atoms. The van der Waals surface area contributed by atoms with Crippen molar-refractivity contribution in [3.8, 4) is 0 Å². The maximum absolute atomic E-state index is 4.74. The van der Waals surface area contributed by atoms with Crippen molar-refractivity contribution in [3.05, 3.63) is 35.9 Å². The highest BCUT2D eigenvalue weighted by molar-refractivity contribution is 5.79. The lowest BCUT2D eigenvalue weighted by Crippen LogP contribution is -2.40. The molecule has 3 rings (SSSR count). The molecule has 3 heteroatoms. The van der Waals surface area contributed by atoms with E-state index in [2.05, 4.69) is 48.6 Å². The fourth-order valence-electron chi connectivity index (χ4n) is 2.95. The monoisotopic (exact) mass is 271 g/mol. The molecule has 0 radical (unpaired) electrons. The number of guanidine groups is 1. The van der Waals surface area contributed by atoms with Gasteiger partial charge in [0, 0.05) is 20.6 Å². The van der Waals surface area contributed by atoms with Crippen LogP contribution in [-0.2, 0) is 6.54 Å². The zero-order valence-corrected chi connectivity index (χ0v) is 12.6. The minimum Gasteiger partial charge on any atom is -0.356 e. The van der Waals surface area contributed by atoms with Crippen molar-refractivity contribution in [3.63, 3.8) is 0 Å². The molecule has 0 amide bonds. The summed E-state index contributed by atoms with van der Waals surface area (Å²) in [6.07, 6.45) is 5.70. The van der Waals surface area contributed by atoms with E-state index in [1.807, 2.05) is 6.07 Å². The Bertz CT molecular complexity index is 470. The first-order chi connectivity index (χ1) is 9.70. The van der Waals surface area contributed by atoms with Gasteiger partial charge in [0.05, 0.1) is 6.54 Å². The maximum Gasteiger partial charge on any atom is 0.193 e. The standard InChI is InChI=1S/C17H25N3/c1-20(2)16(18-12-14-6-4-3-5-7-14)19-13-17(10-11-17)15-8-9-15/h3-7,15H,8-13H2,1-2H3,(H,18,19). The molecule has 2 aliphatic rings. The van der Waals surface area contributed by atoms with Crippen LogP contribution in [0.25, 0.3) is 0 Å². The van der Waals surface area contributed by atoms with E-state index in [9.17, 15) is 0 Å². The molecule has 0 aromatic heterocycles. The van der Waals surface area contributed by atoms with E-state index in [-0.39, 0.29) is 0 Å². The molecule has 1 aromatic carbocycles. The molecule has 2 aliphatic carbocycles. The van der Waals surface area contributed by atoms with Crippen molar-refractivity contribution in [2.45, 2.75) is 32.2 Å². The van der Waals surface area contributed by atoms with E-state index >= 15 is 0 Å². The molecule has 108 valence electrons. The highest BCUT2D eigenvalue weighted by Crippen LogP contribution is 2.60. The van der Waals surface area contributed by atoms with Gasteiger partial charge < -0.3 is 10.2 Å². The summed E-state index contributed by atoms with van der Waals surface area (Å²) in [6.45, 7) is 1.85. The normalized spacial score (nSPS) is 20.6. The van der Waals surface area contributed by atoms with Gasteiger partial charge in [-0.15, -0.1) is 0 Å². The second kappa shape index (κ2) is 5.47. The molecule has 0 atom stereocenters. The predicted octanol–water partition coefficient (Wildman–Crippen LogP) is 2.88. The van der Waals surface area contributed by atoms with Gasteiger partial charge in [0.25, 0.3) is 0 Å². The SMILES string of the molecule is CN(C)C(=NCc1ccccc1)NCC1(C2CC2)CC1. The van der Waals surface area contributed by atoms with Crippen LogP contribution >= 0.6 is 0 Å². The second-order valence-corrected chi connectivity index (χ2v) is 6.51. The van der Waals surface area contributed by atoms with Crippen molar-refractivity contribution < 1.29 is 0 Å². The number of benzene rings is 1. The summed E-state index contributed by atoms with van der Waals surface area (Å²) in [7, 11) is 4.13. The number of rotatable bonds is 5. The third-order valence-corrected chi connectivity index (χ3v) is 4.61. The number of nitrogens with zero attached hydrogens (tertiary/aromatic N) is 2. The summed E-state index contributed by atoms with van der Waals surface area (Å²) in [6, 6.07) is 10.4. The Kier molecular flexibility index (Phi) is 3.68. The van der Waals surface area contributed by atoms with Crippen molar-refractivity contribution in [1.82, 2.24) is 10.2 Å². The first-order valence-electron chi connectivity index (χ1n) is 7.69. The molecule has 2 fully saturated rings. The third-order valence-electron chi connectivity index (χ3n) is 4.61. The van der Waals surface area contributed by atoms with E-state index in [0.717, 1.165) is 25.0 Å². The van der Waals surface area contributed by atoms with Crippen LogP contribution in [0.4, 0.5) is 0 Å². The van der Waals surface area contributed by atoms with Crippen LogP contribution in [0.5, 0.6) is 0 Å². The molecular weight excluding hydrogens is 246 g/mol. The number of aliphatic imine (C=N–C) groups is 1. The molecule has 0 aliphatic heterocycles. The Morgan fingerprint density at radius 2 is 1.95 bits per heavy atom. The largest absolute Gasteiger partial charge is 0.356 e. The summed E-state index contributed by atoms with van der Waals surface area (Å²) in [5.74, 6) is 2.01. The summed E-state index contributed by atoms with van der Waals surface area (Å²) in [5, 5.41) is 3.59. The van der Waals surface area contributed by atoms with Crippen molar-refractivity contribution in [2.75, 3.05) is 20.6 Å². The predicted molar refractivity (Wildman–Crippen MR) is 83.7 cm³/mol. The van der Waals surface area contributed by atoms with Gasteiger partial charge in [-0.1, -0.05) is 30.3 Å². The zero-order chi connectivity index (χ0) is 14.0. The molecular formula is C17H25N3. The van der Waals surface area contributed by atoms with Gasteiger partial charge in [0.15, 0.2) is 5.96 Å². The van der Waals surface area contributed by atoms with Crippen molar-refractivity contribution >= 4 is 5.96 Å². The van der Waals surface area contributed by atoms with Crippen LogP contribution in [0.3, 0.4) is 0 Å². The van der Waals surface area contributed by atoms with Crippen LogP contribution < -0.4 is 5.32 Å². The van der Waals surface area contributed by atoms with E-state index in [0.29, 0.717) is 5.41 Å². The third kappa shape index (κ3) is 3.14. The van der Waals surface area contributed by atoms with E-state index in [4.69, 9.17) is 4.99 Å². The van der Waals surface area contributed by atoms with Crippen LogP contribution in [0.1, 0.15) is 31.2 Å². The lowest BCUT2D eigenvalue weighted by Gasteiger charge is -2.21. The summed E-state index contributed by atoms with van der Waals surface area (Å²) in [4.78, 5) is 6.82. The minimum atomic E-state index is 0.615. The summed E-state index contributed by atoms with van der Waals surface area (Å²) < 4.78 is 0. The van der Waals surface area contributed by atoms with E-state index in [1.54, 1.807) is 0 Å². The number of hydrogen-bond donors (Lipinski definition) is 1. The molecule has 0 bridgehead atoms. The zero-order valence-electron chi connectivity index (χ0n) is 12.6. The lowest BCUT2D eigenvalue weighted by atomic mass is 10.0. The Balaban J connectivity index is 1.57. The summed E-state index contributed by atoms with van der Waals surface area (Å²) in [5.41, 5.74) is 1.88. The second-order valence-electron chi connectivity index (χ2n) is 6.51. The average Bonchev–Trinajstić information content (AvgIpc) is 3.32. The quantitative estimate of drug-likeness (QED) is 0.659. The first-order valence-corrected chi connectivity index (χ1v) is 7.69. The first kappa shape index (κ1) is 13.5. The van der Waals surface area contributed by atoms with Gasteiger partial charge in [-0.3, -0.25) is 0 Å². The number of nitrogens with one attached hydrogen (secondary N) is 1.